The maximum absolute atomic E-state index is 12.9. The maximum atomic E-state index is 12.9. The Morgan fingerprint density at radius 1 is 1.07 bits per heavy atom. The molecule has 0 spiro atoms. The van der Waals surface area contributed by atoms with Crippen LogP contribution in [0, 0.1) is 12.3 Å². The van der Waals surface area contributed by atoms with E-state index in [9.17, 15) is 4.79 Å². The number of aromatic nitrogens is 2. The lowest BCUT2D eigenvalue weighted by Crippen LogP contribution is -2.30. The van der Waals surface area contributed by atoms with Crippen molar-refractivity contribution >= 4 is 32.3 Å². The number of nitrogens with zero attached hydrogens (tertiary/aromatic N) is 5. The Labute approximate surface area is 239 Å². The van der Waals surface area contributed by atoms with Crippen molar-refractivity contribution in [1.29, 1.82) is 0 Å². The topological polar surface area (TPSA) is 71.6 Å². The Morgan fingerprint density at radius 3 is 2.75 bits per heavy atom. The minimum absolute atomic E-state index is 0.228. The predicted octanol–water partition coefficient (Wildman–Crippen LogP) is 7.40. The summed E-state index contributed by atoms with van der Waals surface area (Å²) in [5.74, 6) is 3.68. The first-order valence-corrected chi connectivity index (χ1v) is 15.2. The van der Waals surface area contributed by atoms with Crippen molar-refractivity contribution in [2.45, 2.75) is 63.5 Å². The molecule has 206 valence electrons. The number of hydrogen-bond acceptors (Lipinski definition) is 7. The second-order valence-corrected chi connectivity index (χ2v) is 11.8. The molecular weight excluding hydrogens is 518 g/mol. The quantitative estimate of drug-likeness (QED) is 0.0982. The predicted molar refractivity (Wildman–Crippen MR) is 160 cm³/mol. The summed E-state index contributed by atoms with van der Waals surface area (Å²) >= 11 is 1.61. The number of carbonyl (C=O) groups is 1. The van der Waals surface area contributed by atoms with Crippen LogP contribution in [0.2, 0.25) is 0 Å². The highest BCUT2D eigenvalue weighted by atomic mass is 32.1. The van der Waals surface area contributed by atoms with Gasteiger partial charge in [-0.2, -0.15) is 10.2 Å². The zero-order chi connectivity index (χ0) is 27.4. The molecular formula is C32H35N5O2S. The average Bonchev–Trinajstić information content (AvgIpc) is 3.50. The monoisotopic (exact) mass is 553 g/mol. The van der Waals surface area contributed by atoms with Crippen molar-refractivity contribution in [2.75, 3.05) is 26.2 Å². The zero-order valence-corrected chi connectivity index (χ0v) is 23.7. The highest BCUT2D eigenvalue weighted by Gasteiger charge is 2.39. The van der Waals surface area contributed by atoms with Gasteiger partial charge in [-0.15, -0.1) is 12.3 Å². The smallest absolute Gasteiger partial charge is 0.195 e. The Kier molecular flexibility index (Phi) is 7.94. The number of carbonyl (C=O) groups excluding carboxylic acids is 1. The number of hydrogen-bond donors (Lipinski definition) is 0. The normalized spacial score (nSPS) is 16.4. The fraction of sp³-hybridized carbons (Fsp3) is 0.438. The third kappa shape index (κ3) is 5.96. The molecule has 4 aromatic rings. The van der Waals surface area contributed by atoms with Crippen molar-refractivity contribution in [3.05, 3.63) is 54.2 Å². The average molecular weight is 554 g/mol. The number of piperidine rings is 1. The van der Waals surface area contributed by atoms with E-state index in [2.05, 4.69) is 31.6 Å². The van der Waals surface area contributed by atoms with Gasteiger partial charge in [-0.3, -0.25) is 9.20 Å². The van der Waals surface area contributed by atoms with Crippen molar-refractivity contribution in [3.63, 3.8) is 0 Å². The Hall–Kier alpha value is -3.54. The first-order chi connectivity index (χ1) is 19.6. The molecule has 1 saturated heterocycles. The van der Waals surface area contributed by atoms with E-state index in [1.165, 1.54) is 32.4 Å². The summed E-state index contributed by atoms with van der Waals surface area (Å²) in [6.07, 6.45) is 16.2. The van der Waals surface area contributed by atoms with Gasteiger partial charge in [0.1, 0.15) is 5.75 Å². The van der Waals surface area contributed by atoms with Gasteiger partial charge >= 0.3 is 0 Å². The van der Waals surface area contributed by atoms with Crippen molar-refractivity contribution < 1.29 is 9.53 Å². The molecule has 40 heavy (non-hydrogen) atoms. The first-order valence-electron chi connectivity index (χ1n) is 14.4. The molecule has 2 aromatic heterocycles. The van der Waals surface area contributed by atoms with E-state index in [0.717, 1.165) is 63.6 Å². The summed E-state index contributed by atoms with van der Waals surface area (Å²) in [6, 6.07) is 14.0. The molecule has 8 heteroatoms. The van der Waals surface area contributed by atoms with Crippen LogP contribution in [0.15, 0.2) is 58.9 Å². The molecule has 6 rings (SSSR count). The van der Waals surface area contributed by atoms with E-state index < -0.39 is 0 Å². The van der Waals surface area contributed by atoms with Crippen molar-refractivity contribution in [2.24, 2.45) is 10.2 Å². The van der Waals surface area contributed by atoms with Crippen molar-refractivity contribution in [3.8, 4) is 29.4 Å². The molecule has 7 nitrogen and oxygen atoms in total. The summed E-state index contributed by atoms with van der Waals surface area (Å²) in [5, 5.41) is 8.40. The van der Waals surface area contributed by atoms with E-state index >= 15 is 0 Å². The molecule has 0 unspecified atom stereocenters. The van der Waals surface area contributed by atoms with Gasteiger partial charge in [0.2, 0.25) is 0 Å². The number of ketones is 1. The Balaban J connectivity index is 1.10. The van der Waals surface area contributed by atoms with E-state index in [4.69, 9.17) is 16.1 Å². The number of benzene rings is 2. The van der Waals surface area contributed by atoms with Crippen LogP contribution < -0.4 is 4.74 Å². The molecule has 2 aromatic carbocycles. The molecule has 0 amide bonds. The Bertz CT molecular complexity index is 1570. The lowest BCUT2D eigenvalue weighted by molar-refractivity contribution is 0.0977. The van der Waals surface area contributed by atoms with E-state index in [1.807, 2.05) is 42.5 Å². The minimum Gasteiger partial charge on any atom is -0.493 e. The van der Waals surface area contributed by atoms with Crippen LogP contribution in [0.3, 0.4) is 0 Å². The van der Waals surface area contributed by atoms with Gasteiger partial charge < -0.3 is 9.64 Å². The highest BCUT2D eigenvalue weighted by molar-refractivity contribution is 7.23. The number of para-hydroxylation sites is 1. The third-order valence-corrected chi connectivity index (χ3v) is 8.99. The molecule has 0 saturated carbocycles. The first kappa shape index (κ1) is 26.7. The van der Waals surface area contributed by atoms with Gasteiger partial charge in [0.15, 0.2) is 16.4 Å². The van der Waals surface area contributed by atoms with Crippen LogP contribution in [-0.4, -0.2) is 52.0 Å². The third-order valence-electron chi connectivity index (χ3n) is 7.97. The van der Waals surface area contributed by atoms with Crippen LogP contribution in [0.5, 0.6) is 5.75 Å². The molecule has 2 aliphatic rings. The molecule has 0 atom stereocenters. The van der Waals surface area contributed by atoms with Crippen LogP contribution in [0.1, 0.15) is 68.1 Å². The largest absolute Gasteiger partial charge is 0.493 e. The van der Waals surface area contributed by atoms with Gasteiger partial charge in [0.05, 0.1) is 22.5 Å². The minimum atomic E-state index is -0.357. The molecule has 2 aliphatic heterocycles. The highest BCUT2D eigenvalue weighted by Crippen LogP contribution is 2.38. The van der Waals surface area contributed by atoms with Crippen LogP contribution in [0.4, 0.5) is 0 Å². The number of likely N-dealkylation sites (tertiary alicyclic amines) is 1. The lowest BCUT2D eigenvalue weighted by Gasteiger charge is -2.26. The fourth-order valence-electron chi connectivity index (χ4n) is 5.55. The van der Waals surface area contributed by atoms with E-state index in [1.54, 1.807) is 11.3 Å². The molecule has 0 N–H and O–H groups in total. The van der Waals surface area contributed by atoms with Crippen LogP contribution in [-0.2, 0) is 0 Å². The molecule has 4 heterocycles. The van der Waals surface area contributed by atoms with Crippen molar-refractivity contribution in [1.82, 2.24) is 14.3 Å². The molecule has 0 bridgehead atoms. The van der Waals surface area contributed by atoms with Gasteiger partial charge in [-0.25, -0.2) is 4.98 Å². The number of thiazole rings is 1. The summed E-state index contributed by atoms with van der Waals surface area (Å²) < 4.78 is 9.35. The summed E-state index contributed by atoms with van der Waals surface area (Å²) in [6.45, 7) is 4.05. The van der Waals surface area contributed by atoms with E-state index in [-0.39, 0.29) is 11.4 Å². The van der Waals surface area contributed by atoms with Gasteiger partial charge in [-0.1, -0.05) is 29.9 Å². The zero-order valence-electron chi connectivity index (χ0n) is 22.8. The second-order valence-electron chi connectivity index (χ2n) is 10.8. The summed E-state index contributed by atoms with van der Waals surface area (Å²) in [4.78, 5) is 21.3. The molecule has 1 fully saturated rings. The number of imidazole rings is 1. The molecule has 0 radical (unpaired) electrons. The fourth-order valence-corrected chi connectivity index (χ4v) is 6.60. The summed E-state index contributed by atoms with van der Waals surface area (Å²) in [7, 11) is 0. The van der Waals surface area contributed by atoms with Crippen LogP contribution >= 0.6 is 11.3 Å². The number of fused-ring (bicyclic) bond motifs is 3. The van der Waals surface area contributed by atoms with Crippen LogP contribution in [0.25, 0.3) is 26.4 Å². The van der Waals surface area contributed by atoms with Gasteiger partial charge in [0.25, 0.3) is 0 Å². The molecule has 0 aliphatic carbocycles. The van der Waals surface area contributed by atoms with E-state index in [0.29, 0.717) is 25.9 Å². The second kappa shape index (κ2) is 11.9. The standard InChI is InChI=1S/C32H35N5O2S/c1-2-3-16-32(34-35-32)17-21-39-29-13-6-5-11-25(29)26-23-37-27-15-14-24(22-30(27)40-31(37)33-26)28(38)12-7-10-20-36-18-8-4-9-19-36/h1,5-6,11,13-15,22-23H,3-4,7-10,12,16-21H2. The van der Waals surface area contributed by atoms with Gasteiger partial charge in [-0.05, 0) is 75.6 Å². The Morgan fingerprint density at radius 2 is 1.93 bits per heavy atom. The number of terminal acetylenes is 1. The lowest BCUT2D eigenvalue weighted by atomic mass is 10.0. The maximum Gasteiger partial charge on any atom is 0.195 e. The summed E-state index contributed by atoms with van der Waals surface area (Å²) in [5.41, 5.74) is 3.31. The van der Waals surface area contributed by atoms with Gasteiger partial charge in [0, 0.05) is 43.0 Å². The SMILES string of the molecule is C#CCCC1(CCOc2ccccc2-c2cn3c(n2)sc2cc(C(=O)CCCCN4CCCCC4)ccc23)N=N1. The number of unbranched alkanes of at least 4 members (excludes halogenated alkanes) is 1. The number of ether oxygens (including phenoxy) is 1. The number of rotatable bonds is 13. The number of Topliss-reactive ketones (excluding diaryl/α,β-unsaturated/α-hetero) is 1.